The Balaban J connectivity index is 2.61. The zero-order chi connectivity index (χ0) is 3.54. The second-order valence-electron chi connectivity index (χ2n) is 0.731. The van der Waals surface area contributed by atoms with Crippen molar-refractivity contribution in [2.45, 2.75) is 0 Å². The van der Waals surface area contributed by atoms with Gasteiger partial charge in [0, 0.05) is 0 Å². The molecule has 0 aromatic carbocycles. The Bertz CT molecular complexity index is 65.0. The molecule has 1 heterocycles. The maximum absolute atomic E-state index is 4.88. The summed E-state index contributed by atoms with van der Waals surface area (Å²) in [4.78, 5) is 0. The van der Waals surface area contributed by atoms with Gasteiger partial charge in [-0.15, -0.1) is 0 Å². The minimum atomic E-state index is -0.407. The molecule has 2 heteroatoms. The summed E-state index contributed by atoms with van der Waals surface area (Å²) in [5.74, 6) is 0. The number of hydrogen-bond acceptors (Lipinski definition) is 1. The van der Waals surface area contributed by atoms with Crippen LogP contribution in [0.3, 0.4) is 0 Å². The number of rotatable bonds is 0. The molecule has 1 aliphatic heterocycles. The second kappa shape index (κ2) is 1.60. The molecule has 25 valence electrons. The molecule has 0 atom stereocenters. The summed E-state index contributed by atoms with van der Waals surface area (Å²) >= 11 is -0.407. The Hall–Kier alpha value is 0.209. The van der Waals surface area contributed by atoms with Crippen LogP contribution in [0, 0.1) is 0 Å². The van der Waals surface area contributed by atoms with Crippen molar-refractivity contribution < 1.29 is 3.07 Å². The van der Waals surface area contributed by atoms with E-state index in [0.717, 1.165) is 0 Å². The summed E-state index contributed by atoms with van der Waals surface area (Å²) in [5, 5.41) is 0. The first-order valence-electron chi connectivity index (χ1n) is 1.40. The quantitative estimate of drug-likeness (QED) is 0.467. The van der Waals surface area contributed by atoms with Gasteiger partial charge in [-0.1, -0.05) is 0 Å². The Morgan fingerprint density at radius 2 is 2.60 bits per heavy atom. The normalized spacial score (nSPS) is 16.0. The minimum absolute atomic E-state index is 0.407. The van der Waals surface area contributed by atoms with Crippen LogP contribution in [0.15, 0.2) is 12.3 Å². The summed E-state index contributed by atoms with van der Waals surface area (Å²) < 4.78 is 7.01. The molecule has 5 heavy (non-hydrogen) atoms. The van der Waals surface area contributed by atoms with Crippen LogP contribution in [-0.4, -0.2) is 25.1 Å². The maximum atomic E-state index is 4.88. The summed E-state index contributed by atoms with van der Waals surface area (Å²) in [6.45, 7) is 0. The number of allylic oxidation sites excluding steroid dienone is 1. The Morgan fingerprint density at radius 3 is 2.80 bits per heavy atom. The van der Waals surface area contributed by atoms with Gasteiger partial charge in [0.1, 0.15) is 0 Å². The van der Waals surface area contributed by atoms with Crippen LogP contribution in [0.5, 0.6) is 0 Å². The van der Waals surface area contributed by atoms with E-state index in [1.807, 2.05) is 6.08 Å². The van der Waals surface area contributed by atoms with Gasteiger partial charge in [0.25, 0.3) is 0 Å². The molecule has 0 saturated carbocycles. The van der Waals surface area contributed by atoms with Crippen LogP contribution < -0.4 is 0 Å². The molecule has 1 aliphatic rings. The fourth-order valence-corrected chi connectivity index (χ4v) is 1.32. The fraction of sp³-hybridized carbons (Fsp3) is 0. The molecule has 0 spiro atoms. The predicted molar refractivity (Wildman–Crippen MR) is 22.0 cm³/mol. The van der Waals surface area contributed by atoms with Crippen molar-refractivity contribution in [2.75, 3.05) is 0 Å². The summed E-state index contributed by atoms with van der Waals surface area (Å²) in [6, 6.07) is 0. The van der Waals surface area contributed by atoms with E-state index in [0.29, 0.717) is 0 Å². The van der Waals surface area contributed by atoms with E-state index in [2.05, 4.69) is 4.02 Å². The van der Waals surface area contributed by atoms with Crippen molar-refractivity contribution in [1.82, 2.24) is 0 Å². The molecule has 0 fully saturated rings. The molecule has 0 saturated heterocycles. The number of hydrogen-bond donors (Lipinski definition) is 0. The Morgan fingerprint density at radius 1 is 1.60 bits per heavy atom. The Labute approximate surface area is 40.9 Å². The van der Waals surface area contributed by atoms with E-state index in [4.69, 9.17) is 3.07 Å². The summed E-state index contributed by atoms with van der Waals surface area (Å²) in [6.07, 6.45) is 3.72. The van der Waals surface area contributed by atoms with E-state index in [1.165, 1.54) is 0 Å². The van der Waals surface area contributed by atoms with Crippen molar-refractivity contribution in [1.29, 1.82) is 0 Å². The first-order valence-corrected chi connectivity index (χ1v) is 4.21. The monoisotopic (exact) mass is 175 g/mol. The van der Waals surface area contributed by atoms with Crippen molar-refractivity contribution in [2.24, 2.45) is 0 Å². The standard InChI is InChI=1S/C3H4O.Sn/c1-2-3-4;/h1-4H;/q;+1/p-1. The van der Waals surface area contributed by atoms with Crippen LogP contribution in [-0.2, 0) is 3.07 Å². The van der Waals surface area contributed by atoms with Gasteiger partial charge in [0.15, 0.2) is 0 Å². The van der Waals surface area contributed by atoms with Gasteiger partial charge >= 0.3 is 40.5 Å². The third kappa shape index (κ3) is 0.757. The first-order chi connectivity index (χ1) is 2.50. The van der Waals surface area contributed by atoms with Crippen molar-refractivity contribution >= 4 is 25.1 Å². The van der Waals surface area contributed by atoms with Gasteiger partial charge in [-0.25, -0.2) is 0 Å². The van der Waals surface area contributed by atoms with E-state index in [1.54, 1.807) is 6.26 Å². The fourth-order valence-electron chi connectivity index (χ4n) is 0.196. The van der Waals surface area contributed by atoms with Crippen LogP contribution in [0.2, 0.25) is 0 Å². The van der Waals surface area contributed by atoms with Gasteiger partial charge in [0.2, 0.25) is 0 Å². The summed E-state index contributed by atoms with van der Waals surface area (Å²) in [5.41, 5.74) is 0. The predicted octanol–water partition coefficient (Wildman–Crippen LogP) is -0.0483. The SMILES string of the molecule is C1=C[O][Sn]=[CH]1. The third-order valence-corrected chi connectivity index (χ3v) is 2.09. The molecule has 0 unspecified atom stereocenters. The van der Waals surface area contributed by atoms with Crippen molar-refractivity contribution in [3.8, 4) is 0 Å². The average Bonchev–Trinajstić information content (AvgIpc) is 1.76. The van der Waals surface area contributed by atoms with Crippen molar-refractivity contribution in [3.05, 3.63) is 12.3 Å². The van der Waals surface area contributed by atoms with Gasteiger partial charge < -0.3 is 0 Å². The molecule has 0 aromatic heterocycles. The Kier molecular flexibility index (Phi) is 1.09. The molecule has 1 nitrogen and oxygen atoms in total. The molecule has 0 aliphatic carbocycles. The van der Waals surface area contributed by atoms with Gasteiger partial charge in [-0.05, 0) is 0 Å². The first kappa shape index (κ1) is 3.40. The van der Waals surface area contributed by atoms with Crippen molar-refractivity contribution in [3.63, 3.8) is 0 Å². The van der Waals surface area contributed by atoms with E-state index in [-0.39, 0.29) is 0 Å². The van der Waals surface area contributed by atoms with Crippen LogP contribution in [0.25, 0.3) is 0 Å². The van der Waals surface area contributed by atoms with E-state index in [9.17, 15) is 0 Å². The topological polar surface area (TPSA) is 9.23 Å². The zero-order valence-electron chi connectivity index (χ0n) is 2.64. The van der Waals surface area contributed by atoms with Crippen LogP contribution in [0.4, 0.5) is 0 Å². The van der Waals surface area contributed by atoms with Crippen LogP contribution in [0.1, 0.15) is 0 Å². The zero-order valence-corrected chi connectivity index (χ0v) is 5.49. The van der Waals surface area contributed by atoms with Gasteiger partial charge in [-0.3, -0.25) is 0 Å². The molecular formula is C3H3OSn. The van der Waals surface area contributed by atoms with Gasteiger partial charge in [0.05, 0.1) is 0 Å². The molecule has 0 amide bonds. The molecule has 0 bridgehead atoms. The van der Waals surface area contributed by atoms with Gasteiger partial charge in [-0.2, -0.15) is 0 Å². The average molecular weight is 174 g/mol. The molecular weight excluding hydrogens is 171 g/mol. The third-order valence-electron chi connectivity index (χ3n) is 0.379. The van der Waals surface area contributed by atoms with E-state index < -0.39 is 21.1 Å². The molecule has 1 radical (unpaired) electrons. The summed E-state index contributed by atoms with van der Waals surface area (Å²) in [7, 11) is 0. The van der Waals surface area contributed by atoms with E-state index >= 15 is 0 Å². The van der Waals surface area contributed by atoms with Crippen LogP contribution >= 0.6 is 0 Å². The second-order valence-corrected chi connectivity index (χ2v) is 3.03. The molecule has 1 rings (SSSR count). The molecule has 0 N–H and O–H groups in total. The molecule has 0 aromatic rings.